The van der Waals surface area contributed by atoms with Crippen molar-refractivity contribution in [2.24, 2.45) is 5.92 Å². The number of nitrogens with zero attached hydrogens (tertiary/aromatic N) is 1. The number of carbonyl (C=O) groups excluding carboxylic acids is 1. The molecule has 1 N–H and O–H groups in total. The summed E-state index contributed by atoms with van der Waals surface area (Å²) in [4.78, 5) is 12.9. The van der Waals surface area contributed by atoms with E-state index in [1.807, 2.05) is 0 Å². The van der Waals surface area contributed by atoms with E-state index in [4.69, 9.17) is 32.7 Å². The van der Waals surface area contributed by atoms with Gasteiger partial charge in [0.15, 0.2) is 0 Å². The molecule has 10 heteroatoms. The fourth-order valence-electron chi connectivity index (χ4n) is 3.50. The molecule has 0 unspecified atom stereocenters. The number of hydrogen-bond acceptors (Lipinski definition) is 5. The lowest BCUT2D eigenvalue weighted by atomic mass is 9.98. The van der Waals surface area contributed by atoms with Crippen molar-refractivity contribution in [1.82, 2.24) is 4.31 Å². The fourth-order valence-corrected chi connectivity index (χ4v) is 5.86. The molecule has 0 aromatic heterocycles. The van der Waals surface area contributed by atoms with E-state index < -0.39 is 15.9 Å². The highest BCUT2D eigenvalue weighted by Crippen LogP contribution is 2.31. The SMILES string of the molecule is COc1ccc(OC)c(NC(=O)[C@@H]2CCCN(S(=O)(=O)Cc3c(Cl)cccc3Cl)C2)c1. The molecule has 168 valence electrons. The Bertz CT molecular complexity index is 1040. The van der Waals surface area contributed by atoms with E-state index in [1.54, 1.807) is 36.4 Å². The van der Waals surface area contributed by atoms with Gasteiger partial charge in [0.1, 0.15) is 11.5 Å². The molecule has 0 saturated carbocycles. The molecule has 1 aliphatic rings. The van der Waals surface area contributed by atoms with Crippen molar-refractivity contribution in [3.8, 4) is 11.5 Å². The van der Waals surface area contributed by atoms with Crippen LogP contribution in [0.15, 0.2) is 36.4 Å². The zero-order valence-corrected chi connectivity index (χ0v) is 19.6. The second kappa shape index (κ2) is 10.1. The van der Waals surface area contributed by atoms with Gasteiger partial charge in [-0.15, -0.1) is 0 Å². The maximum absolute atomic E-state index is 13.0. The Morgan fingerprint density at radius 1 is 1.16 bits per heavy atom. The van der Waals surface area contributed by atoms with Gasteiger partial charge in [0.05, 0.1) is 31.6 Å². The number of rotatable bonds is 7. The summed E-state index contributed by atoms with van der Waals surface area (Å²) >= 11 is 12.3. The van der Waals surface area contributed by atoms with Gasteiger partial charge in [-0.2, -0.15) is 0 Å². The predicted molar refractivity (Wildman–Crippen MR) is 122 cm³/mol. The highest BCUT2D eigenvalue weighted by atomic mass is 35.5. The first kappa shape index (κ1) is 23.7. The first-order valence-corrected chi connectivity index (χ1v) is 12.0. The number of methoxy groups -OCH3 is 2. The maximum Gasteiger partial charge on any atom is 0.228 e. The second-order valence-corrected chi connectivity index (χ2v) is 9.99. The summed E-state index contributed by atoms with van der Waals surface area (Å²) in [5.41, 5.74) is 0.827. The standard InChI is InChI=1S/C21H24Cl2N2O5S/c1-29-15-8-9-20(30-2)19(11-15)24-21(26)14-5-4-10-25(12-14)31(27,28)13-16-17(22)6-3-7-18(16)23/h3,6-9,11,14H,4-5,10,12-13H2,1-2H3,(H,24,26)/t14-/m1/s1. The molecular weight excluding hydrogens is 463 g/mol. The van der Waals surface area contributed by atoms with Crippen LogP contribution >= 0.6 is 23.2 Å². The first-order valence-electron chi connectivity index (χ1n) is 9.68. The predicted octanol–water partition coefficient (Wildman–Crippen LogP) is 4.19. The van der Waals surface area contributed by atoms with Gasteiger partial charge in [-0.25, -0.2) is 12.7 Å². The lowest BCUT2D eigenvalue weighted by Gasteiger charge is -2.31. The molecule has 1 fully saturated rings. The van der Waals surface area contributed by atoms with Crippen molar-refractivity contribution >= 4 is 44.8 Å². The van der Waals surface area contributed by atoms with Gasteiger partial charge in [-0.05, 0) is 37.1 Å². The molecule has 7 nitrogen and oxygen atoms in total. The van der Waals surface area contributed by atoms with Gasteiger partial charge in [0, 0.05) is 34.8 Å². The van der Waals surface area contributed by atoms with Crippen LogP contribution in [0.5, 0.6) is 11.5 Å². The van der Waals surface area contributed by atoms with Crippen molar-refractivity contribution in [1.29, 1.82) is 0 Å². The number of ether oxygens (including phenoxy) is 2. The molecule has 1 atom stereocenters. The van der Waals surface area contributed by atoms with Gasteiger partial charge in [0.25, 0.3) is 0 Å². The molecule has 1 aliphatic heterocycles. The Labute approximate surface area is 192 Å². The molecule has 0 aliphatic carbocycles. The Balaban J connectivity index is 1.73. The normalized spacial score (nSPS) is 17.2. The van der Waals surface area contributed by atoms with E-state index in [0.29, 0.717) is 52.2 Å². The summed E-state index contributed by atoms with van der Waals surface area (Å²) in [6.07, 6.45) is 1.15. The smallest absolute Gasteiger partial charge is 0.228 e. The molecule has 1 amide bonds. The average molecular weight is 487 g/mol. The Hall–Kier alpha value is -2.00. The van der Waals surface area contributed by atoms with Gasteiger partial charge in [-0.3, -0.25) is 4.79 Å². The number of piperidine rings is 1. The van der Waals surface area contributed by atoms with Gasteiger partial charge >= 0.3 is 0 Å². The highest BCUT2D eigenvalue weighted by Gasteiger charge is 2.33. The number of anilines is 1. The summed E-state index contributed by atoms with van der Waals surface area (Å²) in [7, 11) is -0.668. The summed E-state index contributed by atoms with van der Waals surface area (Å²) in [6.45, 7) is 0.430. The summed E-state index contributed by atoms with van der Waals surface area (Å²) in [5, 5.41) is 3.44. The monoisotopic (exact) mass is 486 g/mol. The zero-order chi connectivity index (χ0) is 22.6. The number of hydrogen-bond donors (Lipinski definition) is 1. The second-order valence-electron chi connectivity index (χ2n) is 7.21. The van der Waals surface area contributed by atoms with E-state index >= 15 is 0 Å². The van der Waals surface area contributed by atoms with Gasteiger partial charge in [0.2, 0.25) is 15.9 Å². The Morgan fingerprint density at radius 3 is 2.52 bits per heavy atom. The van der Waals surface area contributed by atoms with E-state index in [-0.39, 0.29) is 18.2 Å². The van der Waals surface area contributed by atoms with Gasteiger partial charge < -0.3 is 14.8 Å². The molecule has 0 bridgehead atoms. The van der Waals surface area contributed by atoms with Crippen LogP contribution in [0.1, 0.15) is 18.4 Å². The van der Waals surface area contributed by atoms with Crippen molar-refractivity contribution < 1.29 is 22.7 Å². The number of nitrogens with one attached hydrogen (secondary N) is 1. The van der Waals surface area contributed by atoms with Crippen molar-refractivity contribution in [3.63, 3.8) is 0 Å². The van der Waals surface area contributed by atoms with E-state index in [9.17, 15) is 13.2 Å². The van der Waals surface area contributed by atoms with Crippen molar-refractivity contribution in [2.45, 2.75) is 18.6 Å². The third-order valence-electron chi connectivity index (χ3n) is 5.20. The number of benzene rings is 2. The Kier molecular flexibility index (Phi) is 7.69. The molecule has 1 heterocycles. The van der Waals surface area contributed by atoms with E-state index in [1.165, 1.54) is 18.5 Å². The Morgan fingerprint density at radius 2 is 1.87 bits per heavy atom. The minimum Gasteiger partial charge on any atom is -0.497 e. The minimum absolute atomic E-state index is 0.0858. The van der Waals surface area contributed by atoms with Crippen LogP contribution in [-0.2, 0) is 20.6 Å². The molecule has 1 saturated heterocycles. The maximum atomic E-state index is 13.0. The average Bonchev–Trinajstić information content (AvgIpc) is 2.76. The third kappa shape index (κ3) is 5.63. The molecule has 0 radical (unpaired) electrons. The molecule has 2 aromatic carbocycles. The summed E-state index contributed by atoms with van der Waals surface area (Å²) in [6, 6.07) is 9.95. The number of sulfonamides is 1. The molecule has 2 aromatic rings. The zero-order valence-electron chi connectivity index (χ0n) is 17.2. The fraction of sp³-hybridized carbons (Fsp3) is 0.381. The highest BCUT2D eigenvalue weighted by molar-refractivity contribution is 7.88. The van der Waals surface area contributed by atoms with Crippen molar-refractivity contribution in [3.05, 3.63) is 52.0 Å². The van der Waals surface area contributed by atoms with E-state index in [0.717, 1.165) is 0 Å². The number of carbonyl (C=O) groups is 1. The van der Waals surface area contributed by atoms with Crippen molar-refractivity contribution in [2.75, 3.05) is 32.6 Å². The van der Waals surface area contributed by atoms with Crippen LogP contribution in [-0.4, -0.2) is 45.9 Å². The van der Waals surface area contributed by atoms with Gasteiger partial charge in [-0.1, -0.05) is 29.3 Å². The van der Waals surface area contributed by atoms with Crippen LogP contribution in [0.3, 0.4) is 0 Å². The lowest BCUT2D eigenvalue weighted by Crippen LogP contribution is -2.44. The van der Waals surface area contributed by atoms with Crippen LogP contribution in [0.25, 0.3) is 0 Å². The number of amides is 1. The van der Waals surface area contributed by atoms with Crippen LogP contribution in [0.2, 0.25) is 10.0 Å². The molecular formula is C21H24Cl2N2O5S. The molecule has 31 heavy (non-hydrogen) atoms. The topological polar surface area (TPSA) is 84.9 Å². The lowest BCUT2D eigenvalue weighted by molar-refractivity contribution is -0.120. The third-order valence-corrected chi connectivity index (χ3v) is 7.68. The van der Waals surface area contributed by atoms with Crippen LogP contribution in [0.4, 0.5) is 5.69 Å². The van der Waals surface area contributed by atoms with E-state index in [2.05, 4.69) is 5.32 Å². The first-order chi connectivity index (χ1) is 14.7. The largest absolute Gasteiger partial charge is 0.497 e. The number of halogens is 2. The summed E-state index contributed by atoms with van der Waals surface area (Å²) in [5.74, 6) is -0.0319. The van der Waals surface area contributed by atoms with Crippen LogP contribution in [0, 0.1) is 5.92 Å². The minimum atomic E-state index is -3.70. The quantitative estimate of drug-likeness (QED) is 0.633. The summed E-state index contributed by atoms with van der Waals surface area (Å²) < 4.78 is 37.9. The molecule has 3 rings (SSSR count). The molecule has 0 spiro atoms. The van der Waals surface area contributed by atoms with Crippen LogP contribution < -0.4 is 14.8 Å².